The Morgan fingerprint density at radius 1 is 1.16 bits per heavy atom. The zero-order valence-electron chi connectivity index (χ0n) is 11.0. The Kier molecular flexibility index (Phi) is 4.55. The second-order valence-electron chi connectivity index (χ2n) is 4.56. The third kappa shape index (κ3) is 3.56. The third-order valence-electron chi connectivity index (χ3n) is 3.02. The molecule has 19 heavy (non-hydrogen) atoms. The van der Waals surface area contributed by atoms with E-state index in [0.717, 1.165) is 16.9 Å². The van der Waals surface area contributed by atoms with Gasteiger partial charge < -0.3 is 15.6 Å². The van der Waals surface area contributed by atoms with Gasteiger partial charge in [0.15, 0.2) is 0 Å². The van der Waals surface area contributed by atoms with Crippen LogP contribution in [0.15, 0.2) is 48.5 Å². The number of aliphatic hydroxyl groups is 1. The predicted molar refractivity (Wildman–Crippen MR) is 76.0 cm³/mol. The molecule has 0 aliphatic carbocycles. The summed E-state index contributed by atoms with van der Waals surface area (Å²) in [5, 5.41) is 9.12. The fraction of sp³-hybridized carbons (Fsp3) is 0.250. The van der Waals surface area contributed by atoms with Crippen molar-refractivity contribution < 1.29 is 9.84 Å². The minimum absolute atomic E-state index is 0.00895. The molecule has 0 saturated heterocycles. The Morgan fingerprint density at radius 2 is 1.89 bits per heavy atom. The summed E-state index contributed by atoms with van der Waals surface area (Å²) in [5.74, 6) is 0.725. The van der Waals surface area contributed by atoms with Gasteiger partial charge in [0.05, 0.1) is 6.61 Å². The Bertz CT molecular complexity index is 523. The number of nitrogens with two attached hydrogens (primary N) is 1. The second-order valence-corrected chi connectivity index (χ2v) is 4.56. The number of hydrogen-bond donors (Lipinski definition) is 2. The van der Waals surface area contributed by atoms with Crippen LogP contribution in [0.1, 0.15) is 22.8 Å². The summed E-state index contributed by atoms with van der Waals surface area (Å²) in [6.45, 7) is 2.47. The molecule has 0 aliphatic rings. The molecular formula is C16H19NO2. The summed E-state index contributed by atoms with van der Waals surface area (Å²) in [6, 6.07) is 15.6. The van der Waals surface area contributed by atoms with Crippen LogP contribution in [0, 0.1) is 6.92 Å². The normalized spacial score (nSPS) is 12.2. The molecule has 0 heterocycles. The molecule has 0 aliphatic heterocycles. The predicted octanol–water partition coefficient (Wildman–Crippen LogP) is 2.57. The van der Waals surface area contributed by atoms with E-state index < -0.39 is 0 Å². The van der Waals surface area contributed by atoms with Gasteiger partial charge in [-0.25, -0.2) is 0 Å². The highest BCUT2D eigenvalue weighted by atomic mass is 16.5. The molecular weight excluding hydrogens is 238 g/mol. The van der Waals surface area contributed by atoms with Gasteiger partial charge in [0.25, 0.3) is 0 Å². The highest BCUT2D eigenvalue weighted by Gasteiger charge is 2.11. The SMILES string of the molecule is Cc1ccc(C(CN)Oc2cccc(CO)c2)cc1. The molecule has 100 valence electrons. The Balaban J connectivity index is 2.16. The summed E-state index contributed by atoms with van der Waals surface area (Å²) in [5.41, 5.74) is 8.89. The maximum absolute atomic E-state index is 9.12. The minimum atomic E-state index is -0.172. The van der Waals surface area contributed by atoms with Gasteiger partial charge in [-0.05, 0) is 30.2 Å². The lowest BCUT2D eigenvalue weighted by molar-refractivity contribution is 0.213. The van der Waals surface area contributed by atoms with Crippen molar-refractivity contribution in [3.8, 4) is 5.75 Å². The van der Waals surface area contributed by atoms with Gasteiger partial charge >= 0.3 is 0 Å². The van der Waals surface area contributed by atoms with E-state index in [4.69, 9.17) is 15.6 Å². The average molecular weight is 257 g/mol. The molecule has 1 unspecified atom stereocenters. The van der Waals surface area contributed by atoms with Crippen LogP contribution in [0.3, 0.4) is 0 Å². The molecule has 3 N–H and O–H groups in total. The molecule has 0 amide bonds. The van der Waals surface area contributed by atoms with Crippen LogP contribution in [-0.4, -0.2) is 11.7 Å². The Morgan fingerprint density at radius 3 is 2.53 bits per heavy atom. The van der Waals surface area contributed by atoms with E-state index in [1.807, 2.05) is 55.5 Å². The van der Waals surface area contributed by atoms with Gasteiger partial charge in [-0.15, -0.1) is 0 Å². The molecule has 0 saturated carbocycles. The molecule has 0 aromatic heterocycles. The lowest BCUT2D eigenvalue weighted by atomic mass is 10.1. The van der Waals surface area contributed by atoms with Crippen LogP contribution in [0.2, 0.25) is 0 Å². The van der Waals surface area contributed by atoms with Crippen LogP contribution >= 0.6 is 0 Å². The van der Waals surface area contributed by atoms with Crippen molar-refractivity contribution >= 4 is 0 Å². The standard InChI is InChI=1S/C16H19NO2/c1-12-5-7-14(8-6-12)16(10-17)19-15-4-2-3-13(9-15)11-18/h2-9,16,18H,10-11,17H2,1H3. The van der Waals surface area contributed by atoms with Crippen LogP contribution in [0.5, 0.6) is 5.75 Å². The van der Waals surface area contributed by atoms with E-state index in [9.17, 15) is 0 Å². The van der Waals surface area contributed by atoms with Crippen molar-refractivity contribution in [2.24, 2.45) is 5.73 Å². The summed E-state index contributed by atoms with van der Waals surface area (Å²) < 4.78 is 5.90. The number of aryl methyl sites for hydroxylation is 1. The number of hydrogen-bond acceptors (Lipinski definition) is 3. The lowest BCUT2D eigenvalue weighted by Gasteiger charge is -2.18. The van der Waals surface area contributed by atoms with Gasteiger partial charge in [0.1, 0.15) is 11.9 Å². The van der Waals surface area contributed by atoms with E-state index in [-0.39, 0.29) is 12.7 Å². The quantitative estimate of drug-likeness (QED) is 0.865. The maximum atomic E-state index is 9.12. The molecule has 3 nitrogen and oxygen atoms in total. The van der Waals surface area contributed by atoms with Crippen LogP contribution in [0.4, 0.5) is 0 Å². The molecule has 1 atom stereocenters. The molecule has 2 rings (SSSR count). The number of rotatable bonds is 5. The van der Waals surface area contributed by atoms with E-state index in [1.165, 1.54) is 5.56 Å². The number of benzene rings is 2. The first-order valence-electron chi connectivity index (χ1n) is 6.36. The smallest absolute Gasteiger partial charge is 0.136 e. The molecule has 2 aromatic rings. The van der Waals surface area contributed by atoms with E-state index >= 15 is 0 Å². The van der Waals surface area contributed by atoms with Crippen LogP contribution in [-0.2, 0) is 6.61 Å². The van der Waals surface area contributed by atoms with Gasteiger partial charge in [-0.2, -0.15) is 0 Å². The summed E-state index contributed by atoms with van der Waals surface area (Å²) in [4.78, 5) is 0. The highest BCUT2D eigenvalue weighted by molar-refractivity contribution is 5.30. The monoisotopic (exact) mass is 257 g/mol. The van der Waals surface area contributed by atoms with Crippen molar-refractivity contribution in [2.45, 2.75) is 19.6 Å². The topological polar surface area (TPSA) is 55.5 Å². The van der Waals surface area contributed by atoms with Crippen LogP contribution < -0.4 is 10.5 Å². The van der Waals surface area contributed by atoms with Gasteiger partial charge in [0.2, 0.25) is 0 Å². The first kappa shape index (κ1) is 13.6. The number of aliphatic hydroxyl groups excluding tert-OH is 1. The maximum Gasteiger partial charge on any atom is 0.136 e. The lowest BCUT2D eigenvalue weighted by Crippen LogP contribution is -2.18. The molecule has 0 bridgehead atoms. The van der Waals surface area contributed by atoms with E-state index in [0.29, 0.717) is 6.54 Å². The average Bonchev–Trinajstić information content (AvgIpc) is 2.46. The summed E-state index contributed by atoms with van der Waals surface area (Å²) in [7, 11) is 0. The first-order valence-corrected chi connectivity index (χ1v) is 6.36. The van der Waals surface area contributed by atoms with E-state index in [1.54, 1.807) is 0 Å². The van der Waals surface area contributed by atoms with Gasteiger partial charge in [0, 0.05) is 6.54 Å². The fourth-order valence-corrected chi connectivity index (χ4v) is 1.91. The van der Waals surface area contributed by atoms with Gasteiger partial charge in [-0.1, -0.05) is 42.0 Å². The van der Waals surface area contributed by atoms with E-state index in [2.05, 4.69) is 0 Å². The largest absolute Gasteiger partial charge is 0.484 e. The van der Waals surface area contributed by atoms with Crippen molar-refractivity contribution in [1.82, 2.24) is 0 Å². The fourth-order valence-electron chi connectivity index (χ4n) is 1.91. The minimum Gasteiger partial charge on any atom is -0.484 e. The van der Waals surface area contributed by atoms with Crippen molar-refractivity contribution in [2.75, 3.05) is 6.54 Å². The van der Waals surface area contributed by atoms with Crippen molar-refractivity contribution in [3.63, 3.8) is 0 Å². The highest BCUT2D eigenvalue weighted by Crippen LogP contribution is 2.22. The van der Waals surface area contributed by atoms with Crippen LogP contribution in [0.25, 0.3) is 0 Å². The Hall–Kier alpha value is -1.84. The molecule has 2 aromatic carbocycles. The zero-order chi connectivity index (χ0) is 13.7. The second kappa shape index (κ2) is 6.36. The molecule has 0 spiro atoms. The molecule has 0 radical (unpaired) electrons. The summed E-state index contributed by atoms with van der Waals surface area (Å²) in [6.07, 6.45) is -0.172. The third-order valence-corrected chi connectivity index (χ3v) is 3.02. The number of ether oxygens (including phenoxy) is 1. The zero-order valence-corrected chi connectivity index (χ0v) is 11.0. The van der Waals surface area contributed by atoms with Crippen molar-refractivity contribution in [3.05, 3.63) is 65.2 Å². The Labute approximate surface area is 113 Å². The van der Waals surface area contributed by atoms with Gasteiger partial charge in [-0.3, -0.25) is 0 Å². The summed E-state index contributed by atoms with van der Waals surface area (Å²) >= 11 is 0. The molecule has 0 fully saturated rings. The molecule has 3 heteroatoms. The first-order chi connectivity index (χ1) is 9.22. The van der Waals surface area contributed by atoms with Crippen molar-refractivity contribution in [1.29, 1.82) is 0 Å².